The Bertz CT molecular complexity index is 1780. The van der Waals surface area contributed by atoms with E-state index >= 15 is 0 Å². The summed E-state index contributed by atoms with van der Waals surface area (Å²) >= 11 is 0. The fourth-order valence-corrected chi connectivity index (χ4v) is 6.18. The molecule has 0 saturated carbocycles. The molecule has 2 aromatic carbocycles. The minimum absolute atomic E-state index is 0. The molecule has 0 aliphatic carbocycles. The van der Waals surface area contributed by atoms with Gasteiger partial charge in [0.05, 0.1) is 11.1 Å². The molecule has 0 atom stereocenters. The predicted molar refractivity (Wildman–Crippen MR) is 169 cm³/mol. The Hall–Kier alpha value is -3.44. The molecule has 0 fully saturated rings. The average Bonchev–Trinajstić information content (AvgIpc) is 3.32. The van der Waals surface area contributed by atoms with E-state index in [0.29, 0.717) is 0 Å². The molecule has 41 heavy (non-hydrogen) atoms. The molecule has 0 amide bonds. The van der Waals surface area contributed by atoms with Crippen LogP contribution in [0.3, 0.4) is 0 Å². The molecule has 1 radical (unpaired) electrons. The first-order chi connectivity index (χ1) is 19.0. The zero-order chi connectivity index (χ0) is 28.5. The third-order valence-corrected chi connectivity index (χ3v) is 8.90. The van der Waals surface area contributed by atoms with Crippen LogP contribution in [0.4, 0.5) is 0 Å². The number of furan rings is 1. The fourth-order valence-electron chi connectivity index (χ4n) is 4.69. The van der Waals surface area contributed by atoms with E-state index in [1.54, 1.807) is 0 Å². The standard InChI is InChI=1S/C23H25N2OSi.C12H10N.Ir/c1-23(2,3)15-11-13-24-17(14-15)16-9-10-19(27(4,5)6)20-21-18(26-22(16)20)8-7-12-25-21;1-10-7-8-13-12(9-10)11-5-3-2-4-6-11;/h7-8,10-14H,1-6H3;2-5,7-9H,1H3;/q2*-1;. The second-order valence-electron chi connectivity index (χ2n) is 12.2. The van der Waals surface area contributed by atoms with Crippen LogP contribution in [0.1, 0.15) is 31.9 Å². The van der Waals surface area contributed by atoms with Crippen molar-refractivity contribution in [1.82, 2.24) is 15.0 Å². The summed E-state index contributed by atoms with van der Waals surface area (Å²) < 4.78 is 6.29. The van der Waals surface area contributed by atoms with Crippen LogP contribution in [-0.4, -0.2) is 23.0 Å². The van der Waals surface area contributed by atoms with E-state index in [0.717, 1.165) is 44.6 Å². The van der Waals surface area contributed by atoms with E-state index in [1.807, 2.05) is 61.1 Å². The quantitative estimate of drug-likeness (QED) is 0.135. The van der Waals surface area contributed by atoms with Gasteiger partial charge in [0.15, 0.2) is 0 Å². The molecule has 4 heterocycles. The molecule has 0 aliphatic heterocycles. The summed E-state index contributed by atoms with van der Waals surface area (Å²) in [6.07, 6.45) is 5.54. The van der Waals surface area contributed by atoms with Gasteiger partial charge >= 0.3 is 0 Å². The summed E-state index contributed by atoms with van der Waals surface area (Å²) in [7, 11) is -1.60. The number of benzene rings is 2. The largest absolute Gasteiger partial charge is 0.499 e. The SMILES string of the molecule is CC(C)(C)c1ccnc(-c2[c-]cc([Si](C)(C)C)c3c2oc2cccnc23)c1.Cc1ccnc(-c2[c-]cccc2)c1.[Ir]. The van der Waals surface area contributed by atoms with Crippen molar-refractivity contribution in [3.63, 3.8) is 0 Å². The Morgan fingerprint density at radius 1 is 0.805 bits per heavy atom. The van der Waals surface area contributed by atoms with Gasteiger partial charge < -0.3 is 14.4 Å². The van der Waals surface area contributed by atoms with Gasteiger partial charge in [0, 0.05) is 46.8 Å². The molecule has 0 spiro atoms. The van der Waals surface area contributed by atoms with E-state index in [9.17, 15) is 0 Å². The minimum Gasteiger partial charge on any atom is -0.499 e. The number of rotatable bonds is 3. The third kappa shape index (κ3) is 6.73. The van der Waals surface area contributed by atoms with E-state index in [1.165, 1.54) is 16.3 Å². The van der Waals surface area contributed by atoms with Gasteiger partial charge in [-0.15, -0.1) is 53.2 Å². The Morgan fingerprint density at radius 3 is 2.24 bits per heavy atom. The van der Waals surface area contributed by atoms with E-state index in [2.05, 4.69) is 98.7 Å². The zero-order valence-electron chi connectivity index (χ0n) is 24.7. The average molecular weight is 734 g/mol. The monoisotopic (exact) mass is 734 g/mol. The molecule has 4 aromatic heterocycles. The van der Waals surface area contributed by atoms with Crippen molar-refractivity contribution in [1.29, 1.82) is 0 Å². The molecular formula is C35H35IrN3OSi-2. The number of aryl methyl sites for hydroxylation is 1. The van der Waals surface area contributed by atoms with Gasteiger partial charge in [0.25, 0.3) is 0 Å². The number of hydrogen-bond acceptors (Lipinski definition) is 4. The molecule has 6 heteroatoms. The van der Waals surface area contributed by atoms with Gasteiger partial charge in [0.2, 0.25) is 0 Å². The topological polar surface area (TPSA) is 51.8 Å². The van der Waals surface area contributed by atoms with Crippen LogP contribution in [0.15, 0.2) is 89.7 Å². The van der Waals surface area contributed by atoms with Gasteiger partial charge in [-0.25, -0.2) is 0 Å². The predicted octanol–water partition coefficient (Wildman–Crippen LogP) is 8.54. The summed E-state index contributed by atoms with van der Waals surface area (Å²) in [5, 5.41) is 2.45. The van der Waals surface area contributed by atoms with Crippen molar-refractivity contribution < 1.29 is 24.5 Å². The minimum atomic E-state index is -1.60. The van der Waals surface area contributed by atoms with Crippen molar-refractivity contribution in [2.24, 2.45) is 0 Å². The van der Waals surface area contributed by atoms with Gasteiger partial charge in [0.1, 0.15) is 5.58 Å². The number of aromatic nitrogens is 3. The molecule has 6 rings (SSSR count). The molecule has 4 nitrogen and oxygen atoms in total. The molecule has 0 saturated heterocycles. The molecule has 0 unspecified atom stereocenters. The summed E-state index contributed by atoms with van der Waals surface area (Å²) in [4.78, 5) is 13.5. The maximum Gasteiger partial charge on any atom is 0.139 e. The van der Waals surface area contributed by atoms with Gasteiger partial charge in [-0.3, -0.25) is 4.98 Å². The third-order valence-electron chi connectivity index (χ3n) is 6.89. The van der Waals surface area contributed by atoms with E-state index in [-0.39, 0.29) is 25.5 Å². The van der Waals surface area contributed by atoms with Crippen molar-refractivity contribution in [2.75, 3.05) is 0 Å². The summed E-state index contributed by atoms with van der Waals surface area (Å²) in [5.74, 6) is 0. The second kappa shape index (κ2) is 12.2. The Balaban J connectivity index is 0.000000233. The summed E-state index contributed by atoms with van der Waals surface area (Å²) in [6.45, 7) is 15.7. The summed E-state index contributed by atoms with van der Waals surface area (Å²) in [6, 6.07) is 28.8. The Labute approximate surface area is 257 Å². The first kappa shape index (κ1) is 30.5. The molecule has 211 valence electrons. The van der Waals surface area contributed by atoms with Crippen LogP contribution in [0, 0.1) is 19.1 Å². The van der Waals surface area contributed by atoms with Gasteiger partial charge in [-0.1, -0.05) is 63.7 Å². The fraction of sp³-hybridized carbons (Fsp3) is 0.229. The van der Waals surface area contributed by atoms with Crippen molar-refractivity contribution in [2.45, 2.75) is 52.8 Å². The molecule has 0 bridgehead atoms. The molecule has 0 aliphatic rings. The van der Waals surface area contributed by atoms with Gasteiger partial charge in [-0.2, -0.15) is 0 Å². The van der Waals surface area contributed by atoms with Crippen LogP contribution < -0.4 is 5.19 Å². The number of fused-ring (bicyclic) bond motifs is 3. The molecule has 0 N–H and O–H groups in total. The van der Waals surface area contributed by atoms with Crippen LogP contribution in [-0.2, 0) is 25.5 Å². The maximum atomic E-state index is 6.29. The van der Waals surface area contributed by atoms with Crippen molar-refractivity contribution in [3.05, 3.63) is 109 Å². The molecular weight excluding hydrogens is 699 g/mol. The normalized spacial score (nSPS) is 11.6. The second-order valence-corrected chi connectivity index (χ2v) is 17.2. The number of pyridine rings is 3. The maximum absolute atomic E-state index is 6.29. The molecule has 6 aromatic rings. The van der Waals surface area contributed by atoms with Crippen LogP contribution >= 0.6 is 0 Å². The van der Waals surface area contributed by atoms with Crippen molar-refractivity contribution >= 4 is 35.3 Å². The first-order valence-electron chi connectivity index (χ1n) is 13.6. The van der Waals surface area contributed by atoms with Gasteiger partial charge in [-0.05, 0) is 58.9 Å². The van der Waals surface area contributed by atoms with Crippen molar-refractivity contribution in [3.8, 4) is 22.5 Å². The van der Waals surface area contributed by atoms with Crippen LogP contribution in [0.25, 0.3) is 44.6 Å². The van der Waals surface area contributed by atoms with E-state index < -0.39 is 8.07 Å². The van der Waals surface area contributed by atoms with Crippen LogP contribution in [0.5, 0.6) is 0 Å². The van der Waals surface area contributed by atoms with E-state index in [4.69, 9.17) is 4.42 Å². The van der Waals surface area contributed by atoms with Crippen LogP contribution in [0.2, 0.25) is 19.6 Å². The number of hydrogen-bond donors (Lipinski definition) is 0. The Kier molecular flexibility index (Phi) is 9.08. The smallest absolute Gasteiger partial charge is 0.139 e. The summed E-state index contributed by atoms with van der Waals surface area (Å²) in [5.41, 5.74) is 8.98. The first-order valence-corrected chi connectivity index (χ1v) is 17.1. The number of nitrogens with zero attached hydrogens (tertiary/aromatic N) is 3. The Morgan fingerprint density at radius 2 is 1.56 bits per heavy atom. The zero-order valence-corrected chi connectivity index (χ0v) is 28.1.